The third-order valence-corrected chi connectivity index (χ3v) is 2.92. The van der Waals surface area contributed by atoms with Crippen molar-refractivity contribution in [1.82, 2.24) is 15.4 Å². The van der Waals surface area contributed by atoms with Gasteiger partial charge >= 0.3 is 0 Å². The summed E-state index contributed by atoms with van der Waals surface area (Å²) in [6, 6.07) is 4.01. The lowest BCUT2D eigenvalue weighted by Crippen LogP contribution is -2.30. The Morgan fingerprint density at radius 3 is 3.00 bits per heavy atom. The van der Waals surface area contributed by atoms with Crippen molar-refractivity contribution in [2.45, 2.75) is 12.5 Å². The summed E-state index contributed by atoms with van der Waals surface area (Å²) in [5.74, 6) is 5.51. The van der Waals surface area contributed by atoms with Crippen LogP contribution in [0.25, 0.3) is 0 Å². The van der Waals surface area contributed by atoms with Crippen molar-refractivity contribution < 1.29 is 0 Å². The smallest absolute Gasteiger partial charge is 0.115 e. The van der Waals surface area contributed by atoms with Crippen LogP contribution in [-0.4, -0.2) is 9.97 Å². The molecule has 0 saturated heterocycles. The molecule has 5 heteroatoms. The first-order chi connectivity index (χ1) is 7.40. The molecule has 0 aliphatic heterocycles. The standard InChI is InChI=1S/C10H12N4S/c11-14-10(5-8-2-4-15-6-8)9-1-3-12-7-13-9/h1-4,6-7,10,14H,5,11H2. The SMILES string of the molecule is NNC(Cc1ccsc1)c1ccncn1. The quantitative estimate of drug-likeness (QED) is 0.602. The number of nitrogens with zero attached hydrogens (tertiary/aromatic N) is 2. The van der Waals surface area contributed by atoms with E-state index in [0.29, 0.717) is 0 Å². The van der Waals surface area contributed by atoms with Gasteiger partial charge < -0.3 is 0 Å². The zero-order valence-corrected chi connectivity index (χ0v) is 8.95. The Balaban J connectivity index is 2.12. The second-order valence-electron chi connectivity index (χ2n) is 3.19. The van der Waals surface area contributed by atoms with Crippen molar-refractivity contribution in [1.29, 1.82) is 0 Å². The zero-order chi connectivity index (χ0) is 10.5. The van der Waals surface area contributed by atoms with Gasteiger partial charge in [-0.1, -0.05) is 0 Å². The first kappa shape index (κ1) is 10.2. The number of rotatable bonds is 4. The Morgan fingerprint density at radius 1 is 1.47 bits per heavy atom. The summed E-state index contributed by atoms with van der Waals surface area (Å²) in [5, 5.41) is 4.18. The van der Waals surface area contributed by atoms with Gasteiger partial charge in [0, 0.05) is 6.20 Å². The van der Waals surface area contributed by atoms with Crippen molar-refractivity contribution in [3.63, 3.8) is 0 Å². The molecule has 0 bridgehead atoms. The van der Waals surface area contributed by atoms with Gasteiger partial charge in [0.1, 0.15) is 6.33 Å². The summed E-state index contributed by atoms with van der Waals surface area (Å²) < 4.78 is 0. The highest BCUT2D eigenvalue weighted by molar-refractivity contribution is 7.07. The lowest BCUT2D eigenvalue weighted by atomic mass is 10.1. The van der Waals surface area contributed by atoms with Gasteiger partial charge in [-0.2, -0.15) is 11.3 Å². The van der Waals surface area contributed by atoms with Crippen LogP contribution in [0, 0.1) is 0 Å². The first-order valence-electron chi connectivity index (χ1n) is 4.63. The Labute approximate surface area is 92.2 Å². The number of thiophene rings is 1. The van der Waals surface area contributed by atoms with E-state index in [2.05, 4.69) is 32.2 Å². The molecule has 0 saturated carbocycles. The molecule has 2 aromatic rings. The molecule has 2 rings (SSSR count). The summed E-state index contributed by atoms with van der Waals surface area (Å²) in [5.41, 5.74) is 4.95. The summed E-state index contributed by atoms with van der Waals surface area (Å²) in [4.78, 5) is 8.06. The molecule has 0 spiro atoms. The van der Waals surface area contributed by atoms with Crippen LogP contribution in [0.2, 0.25) is 0 Å². The second kappa shape index (κ2) is 4.97. The van der Waals surface area contributed by atoms with E-state index in [1.807, 2.05) is 6.07 Å². The molecule has 4 nitrogen and oxygen atoms in total. The minimum absolute atomic E-state index is 0.0441. The maximum atomic E-state index is 5.51. The number of aromatic nitrogens is 2. The van der Waals surface area contributed by atoms with Crippen LogP contribution in [0.4, 0.5) is 0 Å². The van der Waals surface area contributed by atoms with Crippen LogP contribution in [0.1, 0.15) is 17.3 Å². The highest BCUT2D eigenvalue weighted by Crippen LogP contribution is 2.16. The van der Waals surface area contributed by atoms with Crippen LogP contribution in [0.5, 0.6) is 0 Å². The van der Waals surface area contributed by atoms with Crippen molar-refractivity contribution in [3.05, 3.63) is 46.7 Å². The largest absolute Gasteiger partial charge is 0.271 e. The molecular weight excluding hydrogens is 208 g/mol. The van der Waals surface area contributed by atoms with Gasteiger partial charge in [0.25, 0.3) is 0 Å². The van der Waals surface area contributed by atoms with E-state index >= 15 is 0 Å². The molecule has 1 unspecified atom stereocenters. The first-order valence-corrected chi connectivity index (χ1v) is 5.57. The lowest BCUT2D eigenvalue weighted by Gasteiger charge is -2.13. The van der Waals surface area contributed by atoms with Crippen molar-refractivity contribution in [2.24, 2.45) is 5.84 Å². The maximum Gasteiger partial charge on any atom is 0.115 e. The molecule has 0 aliphatic rings. The highest BCUT2D eigenvalue weighted by Gasteiger charge is 2.11. The van der Waals surface area contributed by atoms with E-state index in [4.69, 9.17) is 5.84 Å². The fraction of sp³-hybridized carbons (Fsp3) is 0.200. The highest BCUT2D eigenvalue weighted by atomic mass is 32.1. The molecular formula is C10H12N4S. The molecule has 0 aliphatic carbocycles. The van der Waals surface area contributed by atoms with Crippen molar-refractivity contribution in [2.75, 3.05) is 0 Å². The van der Waals surface area contributed by atoms with E-state index in [0.717, 1.165) is 12.1 Å². The summed E-state index contributed by atoms with van der Waals surface area (Å²) >= 11 is 1.69. The molecule has 0 amide bonds. The van der Waals surface area contributed by atoms with Crippen LogP contribution in [0.3, 0.4) is 0 Å². The molecule has 0 fully saturated rings. The number of hydrogen-bond acceptors (Lipinski definition) is 5. The predicted molar refractivity (Wildman–Crippen MR) is 60.1 cm³/mol. The minimum Gasteiger partial charge on any atom is -0.271 e. The Bertz CT molecular complexity index is 387. The average molecular weight is 220 g/mol. The molecule has 78 valence electrons. The van der Waals surface area contributed by atoms with Gasteiger partial charge in [0.15, 0.2) is 0 Å². The van der Waals surface area contributed by atoms with Gasteiger partial charge in [-0.25, -0.2) is 9.97 Å². The van der Waals surface area contributed by atoms with Crippen LogP contribution >= 0.6 is 11.3 Å². The number of hydrazine groups is 1. The molecule has 0 aromatic carbocycles. The third kappa shape index (κ3) is 2.59. The summed E-state index contributed by atoms with van der Waals surface area (Å²) in [6.07, 6.45) is 4.10. The van der Waals surface area contributed by atoms with E-state index in [1.165, 1.54) is 11.9 Å². The molecule has 0 radical (unpaired) electrons. The van der Waals surface area contributed by atoms with E-state index in [-0.39, 0.29) is 6.04 Å². The Morgan fingerprint density at radius 2 is 2.40 bits per heavy atom. The molecule has 15 heavy (non-hydrogen) atoms. The Hall–Kier alpha value is -1.30. The summed E-state index contributed by atoms with van der Waals surface area (Å²) in [7, 11) is 0. The van der Waals surface area contributed by atoms with Gasteiger partial charge in [-0.3, -0.25) is 11.3 Å². The average Bonchev–Trinajstić information content (AvgIpc) is 2.80. The molecule has 2 heterocycles. The predicted octanol–water partition coefficient (Wildman–Crippen LogP) is 1.29. The molecule has 1 atom stereocenters. The summed E-state index contributed by atoms with van der Waals surface area (Å²) in [6.45, 7) is 0. The van der Waals surface area contributed by atoms with Gasteiger partial charge in [0.2, 0.25) is 0 Å². The van der Waals surface area contributed by atoms with E-state index < -0.39 is 0 Å². The van der Waals surface area contributed by atoms with Crippen molar-refractivity contribution in [3.8, 4) is 0 Å². The molecule has 3 N–H and O–H groups in total. The minimum atomic E-state index is 0.0441. The topological polar surface area (TPSA) is 63.8 Å². The fourth-order valence-electron chi connectivity index (χ4n) is 1.40. The number of nitrogens with one attached hydrogen (secondary N) is 1. The lowest BCUT2D eigenvalue weighted by molar-refractivity contribution is 0.538. The molecule has 2 aromatic heterocycles. The number of hydrogen-bond donors (Lipinski definition) is 2. The van der Waals surface area contributed by atoms with Gasteiger partial charge in [-0.05, 0) is 34.9 Å². The normalized spacial score (nSPS) is 12.6. The Kier molecular flexibility index (Phi) is 3.39. The third-order valence-electron chi connectivity index (χ3n) is 2.18. The van der Waals surface area contributed by atoms with Crippen LogP contribution < -0.4 is 11.3 Å². The van der Waals surface area contributed by atoms with E-state index in [1.54, 1.807) is 17.5 Å². The fourth-order valence-corrected chi connectivity index (χ4v) is 2.08. The monoisotopic (exact) mass is 220 g/mol. The van der Waals surface area contributed by atoms with E-state index in [9.17, 15) is 0 Å². The van der Waals surface area contributed by atoms with Gasteiger partial charge in [0.05, 0.1) is 11.7 Å². The van der Waals surface area contributed by atoms with Crippen molar-refractivity contribution >= 4 is 11.3 Å². The number of nitrogens with two attached hydrogens (primary N) is 1. The van der Waals surface area contributed by atoms with Crippen LogP contribution in [-0.2, 0) is 6.42 Å². The zero-order valence-electron chi connectivity index (χ0n) is 8.13. The van der Waals surface area contributed by atoms with Crippen LogP contribution in [0.15, 0.2) is 35.4 Å². The second-order valence-corrected chi connectivity index (χ2v) is 3.97. The van der Waals surface area contributed by atoms with Gasteiger partial charge in [-0.15, -0.1) is 0 Å². The maximum absolute atomic E-state index is 5.51.